The van der Waals surface area contributed by atoms with E-state index >= 15 is 0 Å². The second kappa shape index (κ2) is 7.46. The van der Waals surface area contributed by atoms with Gasteiger partial charge in [0.25, 0.3) is 0 Å². The molecule has 2 atom stereocenters. The van der Waals surface area contributed by atoms with Crippen molar-refractivity contribution in [2.75, 3.05) is 18.1 Å². The highest BCUT2D eigenvalue weighted by molar-refractivity contribution is 7.91. The van der Waals surface area contributed by atoms with Gasteiger partial charge in [-0.15, -0.1) is 0 Å². The summed E-state index contributed by atoms with van der Waals surface area (Å²) in [5.41, 5.74) is 1.88. The molecule has 2 aliphatic heterocycles. The topological polar surface area (TPSA) is 72.5 Å². The number of aryl methyl sites for hydroxylation is 2. The predicted molar refractivity (Wildman–Crippen MR) is 97.3 cm³/mol. The molecule has 0 unspecified atom stereocenters. The maximum Gasteiger partial charge on any atom is 0.220 e. The van der Waals surface area contributed by atoms with Crippen LogP contribution in [0.5, 0.6) is 0 Å². The number of ether oxygens (including phenoxy) is 1. The lowest BCUT2D eigenvalue weighted by Gasteiger charge is -2.37. The third-order valence-electron chi connectivity index (χ3n) is 5.28. The summed E-state index contributed by atoms with van der Waals surface area (Å²) in [4.78, 5) is 12.3. The van der Waals surface area contributed by atoms with Gasteiger partial charge < -0.3 is 10.1 Å². The molecule has 0 bridgehead atoms. The van der Waals surface area contributed by atoms with Gasteiger partial charge in [-0.05, 0) is 43.2 Å². The minimum Gasteiger partial charge on any atom is -0.374 e. The van der Waals surface area contributed by atoms with Gasteiger partial charge in [-0.25, -0.2) is 8.42 Å². The van der Waals surface area contributed by atoms with E-state index in [0.717, 1.165) is 24.8 Å². The molecule has 5 nitrogen and oxygen atoms in total. The molecule has 2 fully saturated rings. The van der Waals surface area contributed by atoms with Gasteiger partial charge in [0.15, 0.2) is 9.84 Å². The van der Waals surface area contributed by atoms with Crippen molar-refractivity contribution in [3.63, 3.8) is 0 Å². The zero-order chi connectivity index (χ0) is 17.9. The van der Waals surface area contributed by atoms with Crippen LogP contribution in [0.2, 0.25) is 0 Å². The van der Waals surface area contributed by atoms with Crippen molar-refractivity contribution < 1.29 is 17.9 Å². The number of nitrogens with one attached hydrogen (secondary N) is 1. The first kappa shape index (κ1) is 18.4. The molecule has 1 amide bonds. The van der Waals surface area contributed by atoms with Crippen LogP contribution in [-0.4, -0.2) is 44.1 Å². The number of rotatable bonds is 5. The normalized spacial score (nSPS) is 28.1. The summed E-state index contributed by atoms with van der Waals surface area (Å²) in [6.45, 7) is 2.64. The summed E-state index contributed by atoms with van der Waals surface area (Å²) in [6, 6.07) is 8.39. The molecule has 2 saturated heterocycles. The van der Waals surface area contributed by atoms with E-state index in [1.54, 1.807) is 0 Å². The van der Waals surface area contributed by atoms with E-state index in [-0.39, 0.29) is 23.5 Å². The molecule has 138 valence electrons. The van der Waals surface area contributed by atoms with Crippen LogP contribution in [0.25, 0.3) is 0 Å². The number of carbonyl (C=O) groups excluding carboxylic acids is 1. The molecule has 0 radical (unpaired) electrons. The monoisotopic (exact) mass is 365 g/mol. The highest BCUT2D eigenvalue weighted by atomic mass is 32.2. The Labute approximate surface area is 150 Å². The fourth-order valence-corrected chi connectivity index (χ4v) is 5.79. The zero-order valence-electron chi connectivity index (χ0n) is 14.8. The second-order valence-corrected chi connectivity index (χ2v) is 9.48. The van der Waals surface area contributed by atoms with Crippen molar-refractivity contribution in [1.29, 1.82) is 0 Å². The van der Waals surface area contributed by atoms with Crippen LogP contribution in [0, 0.1) is 0 Å². The van der Waals surface area contributed by atoms with Gasteiger partial charge in [0, 0.05) is 19.1 Å². The molecule has 0 aliphatic carbocycles. The Bertz CT molecular complexity index is 713. The zero-order valence-corrected chi connectivity index (χ0v) is 15.6. The van der Waals surface area contributed by atoms with Crippen molar-refractivity contribution in [1.82, 2.24) is 5.32 Å². The summed E-state index contributed by atoms with van der Waals surface area (Å²) in [7, 11) is -3.00. The van der Waals surface area contributed by atoms with Crippen LogP contribution in [0.1, 0.15) is 43.7 Å². The first-order valence-corrected chi connectivity index (χ1v) is 10.9. The van der Waals surface area contributed by atoms with Crippen LogP contribution in [0.3, 0.4) is 0 Å². The van der Waals surface area contributed by atoms with Crippen molar-refractivity contribution in [3.05, 3.63) is 35.4 Å². The smallest absolute Gasteiger partial charge is 0.220 e. The maximum atomic E-state index is 12.3. The Kier molecular flexibility index (Phi) is 5.49. The fraction of sp³-hybridized carbons (Fsp3) is 0.632. The quantitative estimate of drug-likeness (QED) is 0.867. The maximum absolute atomic E-state index is 12.3. The molecule has 1 aromatic carbocycles. The van der Waals surface area contributed by atoms with Gasteiger partial charge >= 0.3 is 0 Å². The average molecular weight is 365 g/mol. The number of carbonyl (C=O) groups is 1. The molecule has 25 heavy (non-hydrogen) atoms. The second-order valence-electron chi connectivity index (χ2n) is 7.30. The molecule has 3 rings (SSSR count). The Hall–Kier alpha value is -1.40. The minimum absolute atomic E-state index is 0.0111. The summed E-state index contributed by atoms with van der Waals surface area (Å²) in [5.74, 6) is 0.319. The summed E-state index contributed by atoms with van der Waals surface area (Å²) >= 11 is 0. The van der Waals surface area contributed by atoms with E-state index in [9.17, 15) is 13.2 Å². The lowest BCUT2D eigenvalue weighted by molar-refractivity contribution is -0.124. The summed E-state index contributed by atoms with van der Waals surface area (Å²) in [6.07, 6.45) is 4.09. The molecule has 2 heterocycles. The van der Waals surface area contributed by atoms with Crippen LogP contribution >= 0.6 is 0 Å². The Morgan fingerprint density at radius 2 is 2.00 bits per heavy atom. The van der Waals surface area contributed by atoms with Crippen molar-refractivity contribution >= 4 is 15.7 Å². The van der Waals surface area contributed by atoms with Crippen molar-refractivity contribution in [2.45, 2.75) is 57.1 Å². The van der Waals surface area contributed by atoms with E-state index in [1.165, 1.54) is 5.56 Å². The van der Waals surface area contributed by atoms with E-state index in [1.807, 2.05) is 0 Å². The molecule has 1 spiro atoms. The summed E-state index contributed by atoms with van der Waals surface area (Å²) < 4.78 is 29.3. The third-order valence-corrected chi connectivity index (χ3v) is 7.07. The number of benzene rings is 1. The minimum atomic E-state index is -3.00. The standard InChI is InChI=1S/C19H27NO4S/c1-2-15-3-5-16(6-4-15)7-8-18(21)20-17-9-11-24-19(13-17)10-12-25(22,23)14-19/h3-6,17H,2,7-14H2,1H3,(H,20,21)/t17-,19+/m0/s1. The Balaban J connectivity index is 1.49. The van der Waals surface area contributed by atoms with Crippen LogP contribution in [-0.2, 0) is 32.2 Å². The summed E-state index contributed by atoms with van der Waals surface area (Å²) in [5, 5.41) is 3.08. The van der Waals surface area contributed by atoms with Crippen molar-refractivity contribution in [2.24, 2.45) is 0 Å². The number of amides is 1. The molecular weight excluding hydrogens is 338 g/mol. The number of hydrogen-bond donors (Lipinski definition) is 1. The molecule has 1 aromatic rings. The van der Waals surface area contributed by atoms with Gasteiger partial charge in [0.2, 0.25) is 5.91 Å². The SMILES string of the molecule is CCc1ccc(CCC(=O)N[C@H]2CCO[C@]3(CCS(=O)(=O)C3)C2)cc1. The van der Waals surface area contributed by atoms with Crippen LogP contribution < -0.4 is 5.32 Å². The molecule has 0 aromatic heterocycles. The van der Waals surface area contributed by atoms with Gasteiger partial charge in [0.1, 0.15) is 0 Å². The van der Waals surface area contributed by atoms with Gasteiger partial charge in [-0.1, -0.05) is 31.2 Å². The highest BCUT2D eigenvalue weighted by Crippen LogP contribution is 2.35. The Morgan fingerprint density at radius 3 is 2.64 bits per heavy atom. The molecule has 1 N–H and O–H groups in total. The first-order chi connectivity index (χ1) is 11.9. The molecule has 0 saturated carbocycles. The lowest BCUT2D eigenvalue weighted by atomic mass is 9.90. The highest BCUT2D eigenvalue weighted by Gasteiger charge is 2.46. The van der Waals surface area contributed by atoms with Gasteiger partial charge in [0.05, 0.1) is 17.1 Å². The van der Waals surface area contributed by atoms with Crippen LogP contribution in [0.4, 0.5) is 0 Å². The fourth-order valence-electron chi connectivity index (χ4n) is 3.81. The lowest BCUT2D eigenvalue weighted by Crippen LogP contribution is -2.49. The first-order valence-electron chi connectivity index (χ1n) is 9.11. The van der Waals surface area contributed by atoms with E-state index in [2.05, 4.69) is 36.5 Å². The van der Waals surface area contributed by atoms with Crippen molar-refractivity contribution in [3.8, 4) is 0 Å². The van der Waals surface area contributed by atoms with Crippen LogP contribution in [0.15, 0.2) is 24.3 Å². The predicted octanol–water partition coefficient (Wildman–Crippen LogP) is 2.03. The average Bonchev–Trinajstić information content (AvgIpc) is 2.87. The Morgan fingerprint density at radius 1 is 1.28 bits per heavy atom. The molecule has 2 aliphatic rings. The largest absolute Gasteiger partial charge is 0.374 e. The van der Waals surface area contributed by atoms with Gasteiger partial charge in [-0.2, -0.15) is 0 Å². The number of hydrogen-bond acceptors (Lipinski definition) is 4. The van der Waals surface area contributed by atoms with E-state index in [0.29, 0.717) is 25.9 Å². The van der Waals surface area contributed by atoms with Gasteiger partial charge in [-0.3, -0.25) is 4.79 Å². The van der Waals surface area contributed by atoms with E-state index < -0.39 is 15.4 Å². The molecule has 6 heteroatoms. The number of sulfone groups is 1. The third kappa shape index (κ3) is 4.82. The van der Waals surface area contributed by atoms with E-state index in [4.69, 9.17) is 4.74 Å². The molecular formula is C19H27NO4S.